The molecule has 0 aliphatic carbocycles. The Balaban J connectivity index is 2.85. The van der Waals surface area contributed by atoms with Crippen molar-refractivity contribution < 1.29 is 40.4 Å². The number of esters is 1. The van der Waals surface area contributed by atoms with Gasteiger partial charge in [-0.1, -0.05) is 12.1 Å². The fraction of sp³-hybridized carbons (Fsp3) is 0.417. The van der Waals surface area contributed by atoms with Crippen molar-refractivity contribution >= 4 is 16.1 Å². The summed E-state index contributed by atoms with van der Waals surface area (Å²) in [4.78, 5) is 11.2. The molecule has 1 aromatic carbocycles. The normalized spacial score (nSPS) is 13.5. The van der Waals surface area contributed by atoms with Crippen molar-refractivity contribution in [1.82, 2.24) is 0 Å². The van der Waals surface area contributed by atoms with Crippen LogP contribution in [0, 0.1) is 0 Å². The van der Waals surface area contributed by atoms with Gasteiger partial charge in [-0.25, -0.2) is 4.79 Å². The second-order valence-corrected chi connectivity index (χ2v) is 5.64. The molecule has 0 amide bonds. The molecule has 0 aliphatic rings. The number of halogens is 3. The summed E-state index contributed by atoms with van der Waals surface area (Å²) in [5.41, 5.74) is -5.34. The zero-order chi connectivity index (χ0) is 17.0. The van der Waals surface area contributed by atoms with Crippen molar-refractivity contribution in [3.05, 3.63) is 29.8 Å². The predicted octanol–water partition coefficient (Wildman–Crippen LogP) is 1.38. The topological polar surface area (TPSA) is 89.9 Å². The number of rotatable bonds is 6. The third kappa shape index (κ3) is 4.88. The summed E-state index contributed by atoms with van der Waals surface area (Å²) in [6, 6.07) is 4.60. The van der Waals surface area contributed by atoms with E-state index in [0.29, 0.717) is 0 Å². The number of alkyl halides is 3. The van der Waals surface area contributed by atoms with Crippen LogP contribution in [0.5, 0.6) is 5.75 Å². The summed E-state index contributed by atoms with van der Waals surface area (Å²) in [6.07, 6.45) is -1.78. The van der Waals surface area contributed by atoms with E-state index in [1.165, 1.54) is 12.1 Å². The summed E-state index contributed by atoms with van der Waals surface area (Å²) >= 11 is 0. The lowest BCUT2D eigenvalue weighted by molar-refractivity contribution is -0.152. The van der Waals surface area contributed by atoms with E-state index >= 15 is 0 Å². The number of hydrogen-bond acceptors (Lipinski definition) is 6. The molecule has 0 aliphatic heterocycles. The van der Waals surface area contributed by atoms with Crippen LogP contribution in [0.15, 0.2) is 24.3 Å². The lowest BCUT2D eigenvalue weighted by Crippen LogP contribution is -2.28. The van der Waals surface area contributed by atoms with Gasteiger partial charge in [-0.2, -0.15) is 21.6 Å². The highest BCUT2D eigenvalue weighted by Gasteiger charge is 2.48. The molecule has 1 aromatic rings. The molecule has 0 fully saturated rings. The number of carbonyl (C=O) groups excluding carboxylic acids is 1. The summed E-state index contributed by atoms with van der Waals surface area (Å²) in [7, 11) is -5.78. The predicted molar refractivity (Wildman–Crippen MR) is 68.4 cm³/mol. The molecule has 0 spiro atoms. The van der Waals surface area contributed by atoms with Crippen molar-refractivity contribution in [2.75, 3.05) is 6.61 Å². The molecule has 0 bridgehead atoms. The standard InChI is InChI=1S/C12H13F3O6S/c1-2-20-11(17)10(16)7-8-4-3-5-9(6-8)21-22(18,19)12(13,14)15/h3-6,10,16H,2,7H2,1H3. The van der Waals surface area contributed by atoms with Crippen molar-refractivity contribution in [2.45, 2.75) is 25.0 Å². The number of ether oxygens (including phenoxy) is 1. The lowest BCUT2D eigenvalue weighted by atomic mass is 10.1. The number of aliphatic hydroxyl groups excluding tert-OH is 1. The molecular formula is C12H13F3O6S. The SMILES string of the molecule is CCOC(=O)C(O)Cc1cccc(OS(=O)(=O)C(F)(F)F)c1. The van der Waals surface area contributed by atoms with Crippen LogP contribution in [0.1, 0.15) is 12.5 Å². The third-order valence-corrected chi connectivity index (χ3v) is 3.35. The van der Waals surface area contributed by atoms with Gasteiger partial charge in [0.05, 0.1) is 6.61 Å². The van der Waals surface area contributed by atoms with E-state index in [2.05, 4.69) is 8.92 Å². The van der Waals surface area contributed by atoms with Gasteiger partial charge in [-0.3, -0.25) is 0 Å². The van der Waals surface area contributed by atoms with Gasteiger partial charge in [0.1, 0.15) is 5.75 Å². The molecule has 1 N–H and O–H groups in total. The summed E-state index contributed by atoms with van der Waals surface area (Å²) in [5.74, 6) is -1.47. The summed E-state index contributed by atoms with van der Waals surface area (Å²) < 4.78 is 66.9. The minimum atomic E-state index is -5.78. The van der Waals surface area contributed by atoms with Gasteiger partial charge in [-0.05, 0) is 24.6 Å². The maximum absolute atomic E-state index is 12.2. The molecule has 22 heavy (non-hydrogen) atoms. The molecule has 1 unspecified atom stereocenters. The molecule has 0 heterocycles. The maximum Gasteiger partial charge on any atom is 0.534 e. The first-order valence-corrected chi connectivity index (χ1v) is 7.42. The highest BCUT2D eigenvalue weighted by Crippen LogP contribution is 2.27. The first kappa shape index (κ1) is 18.2. The van der Waals surface area contributed by atoms with E-state index in [1.54, 1.807) is 6.92 Å². The van der Waals surface area contributed by atoms with Gasteiger partial charge in [0.2, 0.25) is 0 Å². The van der Waals surface area contributed by atoms with Gasteiger partial charge >= 0.3 is 21.6 Å². The smallest absolute Gasteiger partial charge is 0.464 e. The highest BCUT2D eigenvalue weighted by molar-refractivity contribution is 7.87. The van der Waals surface area contributed by atoms with Gasteiger partial charge < -0.3 is 14.0 Å². The molecule has 0 aromatic heterocycles. The van der Waals surface area contributed by atoms with E-state index < -0.39 is 33.4 Å². The van der Waals surface area contributed by atoms with E-state index in [1.807, 2.05) is 0 Å². The van der Waals surface area contributed by atoms with E-state index in [0.717, 1.165) is 12.1 Å². The molecule has 124 valence electrons. The summed E-state index contributed by atoms with van der Waals surface area (Å²) in [6.45, 7) is 1.60. The van der Waals surface area contributed by atoms with Crippen LogP contribution in [0.3, 0.4) is 0 Å². The minimum Gasteiger partial charge on any atom is -0.464 e. The minimum absolute atomic E-state index is 0.0584. The maximum atomic E-state index is 12.2. The van der Waals surface area contributed by atoms with Crippen LogP contribution >= 0.6 is 0 Å². The number of benzene rings is 1. The molecule has 1 atom stereocenters. The fourth-order valence-electron chi connectivity index (χ4n) is 1.44. The zero-order valence-corrected chi connectivity index (χ0v) is 12.1. The largest absolute Gasteiger partial charge is 0.534 e. The summed E-state index contributed by atoms with van der Waals surface area (Å²) in [5, 5.41) is 9.54. The van der Waals surface area contributed by atoms with Crippen LogP contribution in [0.4, 0.5) is 13.2 Å². The molecular weight excluding hydrogens is 329 g/mol. The van der Waals surface area contributed by atoms with Gasteiger partial charge in [0.25, 0.3) is 0 Å². The van der Waals surface area contributed by atoms with Crippen LogP contribution in [-0.4, -0.2) is 37.7 Å². The lowest BCUT2D eigenvalue weighted by Gasteiger charge is -2.12. The molecule has 0 radical (unpaired) electrons. The van der Waals surface area contributed by atoms with Crippen LogP contribution in [0.2, 0.25) is 0 Å². The molecule has 1 rings (SSSR count). The average Bonchev–Trinajstić information content (AvgIpc) is 2.37. The Kier molecular flexibility index (Phi) is 5.78. The van der Waals surface area contributed by atoms with E-state index in [4.69, 9.17) is 0 Å². The van der Waals surface area contributed by atoms with Gasteiger partial charge in [0, 0.05) is 6.42 Å². The van der Waals surface area contributed by atoms with Gasteiger partial charge in [0.15, 0.2) is 6.10 Å². The Morgan fingerprint density at radius 1 is 1.36 bits per heavy atom. The van der Waals surface area contributed by atoms with Crippen molar-refractivity contribution in [3.8, 4) is 5.75 Å². The molecule has 0 saturated carbocycles. The quantitative estimate of drug-likeness (QED) is 0.477. The van der Waals surface area contributed by atoms with Gasteiger partial charge in [-0.15, -0.1) is 0 Å². The first-order valence-electron chi connectivity index (χ1n) is 6.01. The average molecular weight is 342 g/mol. The number of aliphatic hydroxyl groups is 1. The first-order chi connectivity index (χ1) is 10.1. The van der Waals surface area contributed by atoms with Crippen LogP contribution < -0.4 is 4.18 Å². The Bertz CT molecular complexity index is 626. The Morgan fingerprint density at radius 3 is 2.55 bits per heavy atom. The second-order valence-electron chi connectivity index (χ2n) is 4.10. The second kappa shape index (κ2) is 6.97. The van der Waals surface area contributed by atoms with Crippen molar-refractivity contribution in [1.29, 1.82) is 0 Å². The Hall–Kier alpha value is -1.81. The number of hydrogen-bond donors (Lipinski definition) is 1. The molecule has 10 heteroatoms. The Morgan fingerprint density at radius 2 is 2.00 bits per heavy atom. The fourth-order valence-corrected chi connectivity index (χ4v) is 1.89. The zero-order valence-electron chi connectivity index (χ0n) is 11.3. The third-order valence-electron chi connectivity index (χ3n) is 2.38. The van der Waals surface area contributed by atoms with Crippen LogP contribution in [-0.2, 0) is 26.1 Å². The van der Waals surface area contributed by atoms with Crippen molar-refractivity contribution in [2.24, 2.45) is 0 Å². The van der Waals surface area contributed by atoms with E-state index in [9.17, 15) is 31.5 Å². The van der Waals surface area contributed by atoms with E-state index in [-0.39, 0.29) is 18.6 Å². The molecule has 6 nitrogen and oxygen atoms in total. The monoisotopic (exact) mass is 342 g/mol. The number of carbonyl (C=O) groups is 1. The van der Waals surface area contributed by atoms with Crippen LogP contribution in [0.25, 0.3) is 0 Å². The molecule has 0 saturated heterocycles. The highest BCUT2D eigenvalue weighted by atomic mass is 32.2. The Labute approximate surface area is 124 Å². The van der Waals surface area contributed by atoms with Crippen molar-refractivity contribution in [3.63, 3.8) is 0 Å².